The van der Waals surface area contributed by atoms with E-state index in [0.29, 0.717) is 5.69 Å². The number of carboxylic acids is 2. The first-order chi connectivity index (χ1) is 8.40. The molecule has 1 aromatic rings. The van der Waals surface area contributed by atoms with Crippen LogP contribution in [-0.4, -0.2) is 35.2 Å². The third-order valence-electron chi connectivity index (χ3n) is 2.42. The lowest BCUT2D eigenvalue weighted by molar-refractivity contribution is -0.141. The van der Waals surface area contributed by atoms with E-state index in [4.69, 9.17) is 10.2 Å². The first-order valence-corrected chi connectivity index (χ1v) is 5.35. The minimum atomic E-state index is -1.10. The Morgan fingerprint density at radius 1 is 1.39 bits per heavy atom. The standard InChI is InChI=1S/C12H14FNO4/c1-8(12(17)18)6-14(7-11(15)16)10-4-2-3-9(13)5-10/h2-5,8H,6-7H2,1H3,(H,15,16)(H,17,18). The largest absolute Gasteiger partial charge is 0.481 e. The Hall–Kier alpha value is -2.11. The number of halogens is 1. The number of hydrogen-bond acceptors (Lipinski definition) is 3. The fraction of sp³-hybridized carbons (Fsp3) is 0.333. The molecule has 0 fully saturated rings. The van der Waals surface area contributed by atoms with Gasteiger partial charge in [-0.25, -0.2) is 4.39 Å². The Kier molecular flexibility index (Phi) is 4.65. The van der Waals surface area contributed by atoms with Gasteiger partial charge in [0.1, 0.15) is 12.4 Å². The lowest BCUT2D eigenvalue weighted by Gasteiger charge is -2.24. The number of rotatable bonds is 6. The molecule has 0 spiro atoms. The normalized spacial score (nSPS) is 11.9. The Morgan fingerprint density at radius 3 is 2.56 bits per heavy atom. The van der Waals surface area contributed by atoms with Crippen molar-refractivity contribution in [3.63, 3.8) is 0 Å². The average molecular weight is 255 g/mol. The smallest absolute Gasteiger partial charge is 0.323 e. The first kappa shape index (κ1) is 14.0. The van der Waals surface area contributed by atoms with Crippen molar-refractivity contribution in [3.8, 4) is 0 Å². The zero-order valence-electron chi connectivity index (χ0n) is 9.84. The first-order valence-electron chi connectivity index (χ1n) is 5.35. The molecular formula is C12H14FNO4. The summed E-state index contributed by atoms with van der Waals surface area (Å²) in [5.41, 5.74) is 0.352. The number of carboxylic acid groups (broad SMARTS) is 2. The fourth-order valence-corrected chi connectivity index (χ4v) is 1.51. The molecule has 0 bridgehead atoms. The molecule has 2 N–H and O–H groups in total. The van der Waals surface area contributed by atoms with E-state index in [1.165, 1.54) is 30.0 Å². The van der Waals surface area contributed by atoms with Crippen LogP contribution in [0.2, 0.25) is 0 Å². The van der Waals surface area contributed by atoms with Gasteiger partial charge in [0.15, 0.2) is 0 Å². The molecule has 0 aliphatic heterocycles. The van der Waals surface area contributed by atoms with Gasteiger partial charge in [-0.2, -0.15) is 0 Å². The van der Waals surface area contributed by atoms with Crippen molar-refractivity contribution in [2.24, 2.45) is 5.92 Å². The van der Waals surface area contributed by atoms with Gasteiger partial charge in [-0.1, -0.05) is 13.0 Å². The van der Waals surface area contributed by atoms with Crippen molar-refractivity contribution in [1.82, 2.24) is 0 Å². The summed E-state index contributed by atoms with van der Waals surface area (Å²) in [6, 6.07) is 5.41. The average Bonchev–Trinajstić information content (AvgIpc) is 2.27. The van der Waals surface area contributed by atoms with E-state index in [0.717, 1.165) is 0 Å². The molecule has 1 unspecified atom stereocenters. The quantitative estimate of drug-likeness (QED) is 0.804. The van der Waals surface area contributed by atoms with E-state index in [1.807, 2.05) is 0 Å². The highest BCUT2D eigenvalue weighted by atomic mass is 19.1. The van der Waals surface area contributed by atoms with Gasteiger partial charge in [-0.05, 0) is 18.2 Å². The van der Waals surface area contributed by atoms with Crippen LogP contribution in [0.4, 0.5) is 10.1 Å². The topological polar surface area (TPSA) is 77.8 Å². The fourth-order valence-electron chi connectivity index (χ4n) is 1.51. The second kappa shape index (κ2) is 6.00. The Bertz CT molecular complexity index is 449. The molecule has 18 heavy (non-hydrogen) atoms. The maximum atomic E-state index is 13.1. The summed E-state index contributed by atoms with van der Waals surface area (Å²) in [5, 5.41) is 17.6. The molecule has 0 aromatic heterocycles. The van der Waals surface area contributed by atoms with Crippen LogP contribution in [0.25, 0.3) is 0 Å². The predicted octanol–water partition coefficient (Wildman–Crippen LogP) is 1.44. The third kappa shape index (κ3) is 4.04. The number of anilines is 1. The molecular weight excluding hydrogens is 241 g/mol. The van der Waals surface area contributed by atoms with Crippen LogP contribution >= 0.6 is 0 Å². The van der Waals surface area contributed by atoms with Crippen LogP contribution in [0, 0.1) is 11.7 Å². The summed E-state index contributed by atoms with van der Waals surface area (Å²) >= 11 is 0. The molecule has 6 heteroatoms. The molecule has 5 nitrogen and oxygen atoms in total. The van der Waals surface area contributed by atoms with Crippen LogP contribution < -0.4 is 4.90 Å². The van der Waals surface area contributed by atoms with Gasteiger partial charge < -0.3 is 15.1 Å². The SMILES string of the molecule is CC(CN(CC(=O)O)c1cccc(F)c1)C(=O)O. The third-order valence-corrected chi connectivity index (χ3v) is 2.42. The maximum absolute atomic E-state index is 13.1. The van der Waals surface area contributed by atoms with Crippen LogP contribution in [0.5, 0.6) is 0 Å². The van der Waals surface area contributed by atoms with Crippen molar-refractivity contribution in [1.29, 1.82) is 0 Å². The minimum absolute atomic E-state index is 0.00505. The molecule has 1 aromatic carbocycles. The van der Waals surface area contributed by atoms with Gasteiger partial charge in [0.25, 0.3) is 0 Å². The van der Waals surface area contributed by atoms with Crippen molar-refractivity contribution >= 4 is 17.6 Å². The minimum Gasteiger partial charge on any atom is -0.481 e. The van der Waals surface area contributed by atoms with Crippen molar-refractivity contribution in [3.05, 3.63) is 30.1 Å². The zero-order valence-corrected chi connectivity index (χ0v) is 9.84. The summed E-state index contributed by atoms with van der Waals surface area (Å²) in [5.74, 6) is -3.36. The molecule has 0 saturated heterocycles. The summed E-state index contributed by atoms with van der Waals surface area (Å²) in [7, 11) is 0. The van der Waals surface area contributed by atoms with E-state index in [-0.39, 0.29) is 13.1 Å². The van der Waals surface area contributed by atoms with Crippen LogP contribution in [-0.2, 0) is 9.59 Å². The lowest BCUT2D eigenvalue weighted by atomic mass is 10.1. The van der Waals surface area contributed by atoms with Crippen molar-refractivity contribution in [2.45, 2.75) is 6.92 Å². The maximum Gasteiger partial charge on any atom is 0.323 e. The number of nitrogens with zero attached hydrogens (tertiary/aromatic N) is 1. The molecule has 0 heterocycles. The highest BCUT2D eigenvalue weighted by molar-refractivity contribution is 5.75. The van der Waals surface area contributed by atoms with Crippen molar-refractivity contribution < 1.29 is 24.2 Å². The molecule has 98 valence electrons. The molecule has 0 aliphatic carbocycles. The summed E-state index contributed by atoms with van der Waals surface area (Å²) < 4.78 is 13.1. The molecule has 1 atom stereocenters. The van der Waals surface area contributed by atoms with Gasteiger partial charge in [-0.3, -0.25) is 9.59 Å². The van der Waals surface area contributed by atoms with E-state index >= 15 is 0 Å². The Balaban J connectivity index is 2.90. The Labute approximate surface area is 103 Å². The van der Waals surface area contributed by atoms with Gasteiger partial charge in [0.2, 0.25) is 0 Å². The second-order valence-electron chi connectivity index (χ2n) is 3.99. The molecule has 0 saturated carbocycles. The predicted molar refractivity (Wildman–Crippen MR) is 63.0 cm³/mol. The monoisotopic (exact) mass is 255 g/mol. The Morgan fingerprint density at radius 2 is 2.06 bits per heavy atom. The van der Waals surface area contributed by atoms with E-state index in [1.54, 1.807) is 6.07 Å². The highest BCUT2D eigenvalue weighted by Crippen LogP contribution is 2.17. The van der Waals surface area contributed by atoms with Gasteiger partial charge >= 0.3 is 11.9 Å². The van der Waals surface area contributed by atoms with Crippen LogP contribution in [0.15, 0.2) is 24.3 Å². The van der Waals surface area contributed by atoms with Crippen LogP contribution in [0.1, 0.15) is 6.92 Å². The number of aliphatic carboxylic acids is 2. The van der Waals surface area contributed by atoms with Gasteiger partial charge in [0, 0.05) is 12.2 Å². The summed E-state index contributed by atoms with van der Waals surface area (Å²) in [6.07, 6.45) is 0. The second-order valence-corrected chi connectivity index (χ2v) is 3.99. The van der Waals surface area contributed by atoms with Gasteiger partial charge in [-0.15, -0.1) is 0 Å². The van der Waals surface area contributed by atoms with Gasteiger partial charge in [0.05, 0.1) is 5.92 Å². The lowest BCUT2D eigenvalue weighted by Crippen LogP contribution is -2.35. The molecule has 1 rings (SSSR count). The highest BCUT2D eigenvalue weighted by Gasteiger charge is 2.18. The summed E-state index contributed by atoms with van der Waals surface area (Å²) in [6.45, 7) is 1.10. The van der Waals surface area contributed by atoms with E-state index in [9.17, 15) is 14.0 Å². The zero-order chi connectivity index (χ0) is 13.7. The van der Waals surface area contributed by atoms with Crippen LogP contribution in [0.3, 0.4) is 0 Å². The van der Waals surface area contributed by atoms with Crippen molar-refractivity contribution in [2.75, 3.05) is 18.0 Å². The number of carbonyl (C=O) groups is 2. The van der Waals surface area contributed by atoms with E-state index < -0.39 is 23.7 Å². The number of hydrogen-bond donors (Lipinski definition) is 2. The molecule has 0 aliphatic rings. The molecule has 0 amide bonds. The van der Waals surface area contributed by atoms with E-state index in [2.05, 4.69) is 0 Å². The summed E-state index contributed by atoms with van der Waals surface area (Å²) in [4.78, 5) is 22.8. The number of benzene rings is 1. The molecule has 0 radical (unpaired) electrons.